The fourth-order valence-corrected chi connectivity index (χ4v) is 4.17. The largest absolute Gasteiger partial charge is 0.396 e. The number of anilines is 1. The maximum Gasteiger partial charge on any atom is 0.153 e. The molecule has 134 valence electrons. The number of benzene rings is 1. The van der Waals surface area contributed by atoms with Crippen LogP contribution in [0.3, 0.4) is 0 Å². The lowest BCUT2D eigenvalue weighted by atomic mass is 10.00. The van der Waals surface area contributed by atoms with Crippen molar-refractivity contribution in [1.82, 2.24) is 9.55 Å². The molecule has 0 saturated carbocycles. The van der Waals surface area contributed by atoms with E-state index in [2.05, 4.69) is 53.3 Å². The maximum atomic E-state index is 9.51. The Morgan fingerprint density at radius 2 is 2.04 bits per heavy atom. The van der Waals surface area contributed by atoms with E-state index in [0.717, 1.165) is 37.4 Å². The van der Waals surface area contributed by atoms with Gasteiger partial charge in [0.15, 0.2) is 5.82 Å². The highest BCUT2D eigenvalue weighted by molar-refractivity contribution is 5.94. The molecule has 1 aliphatic rings. The Kier molecular flexibility index (Phi) is 4.51. The topological polar surface area (TPSA) is 41.3 Å². The van der Waals surface area contributed by atoms with E-state index < -0.39 is 0 Å². The van der Waals surface area contributed by atoms with Crippen molar-refractivity contribution in [2.75, 3.05) is 18.1 Å². The summed E-state index contributed by atoms with van der Waals surface area (Å²) in [6.45, 7) is 8.81. The molecular weight excluding hydrogens is 322 g/mol. The van der Waals surface area contributed by atoms with Crippen LogP contribution < -0.4 is 4.90 Å². The van der Waals surface area contributed by atoms with E-state index in [-0.39, 0.29) is 6.61 Å². The fraction of sp³-hybridized carbons (Fsp3) is 0.318. The third-order valence-electron chi connectivity index (χ3n) is 5.45. The summed E-state index contributed by atoms with van der Waals surface area (Å²) in [7, 11) is 0. The Morgan fingerprint density at radius 1 is 1.23 bits per heavy atom. The lowest BCUT2D eigenvalue weighted by molar-refractivity contribution is 0.299. The van der Waals surface area contributed by atoms with Gasteiger partial charge < -0.3 is 14.6 Å². The Hall–Kier alpha value is -2.59. The zero-order valence-electron chi connectivity index (χ0n) is 15.3. The molecule has 3 aromatic rings. The molecule has 4 heteroatoms. The van der Waals surface area contributed by atoms with Gasteiger partial charge in [-0.1, -0.05) is 30.3 Å². The van der Waals surface area contributed by atoms with Crippen LogP contribution in [0.4, 0.5) is 5.82 Å². The van der Waals surface area contributed by atoms with Crippen molar-refractivity contribution < 1.29 is 5.11 Å². The molecule has 0 amide bonds. The van der Waals surface area contributed by atoms with E-state index in [4.69, 9.17) is 4.98 Å². The highest BCUT2D eigenvalue weighted by Crippen LogP contribution is 2.34. The van der Waals surface area contributed by atoms with Gasteiger partial charge in [0.2, 0.25) is 0 Å². The summed E-state index contributed by atoms with van der Waals surface area (Å²) < 4.78 is 2.29. The third kappa shape index (κ3) is 2.71. The van der Waals surface area contributed by atoms with Gasteiger partial charge in [0.05, 0.1) is 5.52 Å². The second kappa shape index (κ2) is 6.96. The van der Waals surface area contributed by atoms with Crippen molar-refractivity contribution in [3.05, 3.63) is 71.6 Å². The molecule has 0 unspecified atom stereocenters. The van der Waals surface area contributed by atoms with Crippen molar-refractivity contribution in [1.29, 1.82) is 0 Å². The summed E-state index contributed by atoms with van der Waals surface area (Å²) >= 11 is 0. The summed E-state index contributed by atoms with van der Waals surface area (Å²) in [5.74, 6) is 1.03. The highest BCUT2D eigenvalue weighted by Gasteiger charge is 2.23. The number of hydrogen-bond donors (Lipinski definition) is 1. The van der Waals surface area contributed by atoms with Crippen molar-refractivity contribution in [2.24, 2.45) is 0 Å². The number of aliphatic hydroxyl groups is 1. The van der Waals surface area contributed by atoms with Gasteiger partial charge in [-0.2, -0.15) is 0 Å². The molecule has 0 bridgehead atoms. The van der Waals surface area contributed by atoms with Crippen molar-refractivity contribution >= 4 is 16.7 Å². The van der Waals surface area contributed by atoms with Gasteiger partial charge >= 0.3 is 0 Å². The zero-order chi connectivity index (χ0) is 18.1. The second-order valence-corrected chi connectivity index (χ2v) is 6.91. The van der Waals surface area contributed by atoms with E-state index >= 15 is 0 Å². The Bertz CT molecular complexity index is 957. The second-order valence-electron chi connectivity index (χ2n) is 6.91. The minimum atomic E-state index is 0.156. The number of pyridine rings is 1. The number of aromatic nitrogens is 2. The van der Waals surface area contributed by atoms with E-state index in [1.165, 1.54) is 27.8 Å². The number of rotatable bonds is 5. The minimum Gasteiger partial charge on any atom is -0.396 e. The van der Waals surface area contributed by atoms with Crippen LogP contribution in [0.1, 0.15) is 22.4 Å². The SMILES string of the molecule is C=CCn1c(C)c(CCO)c2ccnc(N3CCc4ccccc4C3)c21. The first kappa shape index (κ1) is 16.9. The van der Waals surface area contributed by atoms with E-state index in [1.807, 2.05) is 12.3 Å². The van der Waals surface area contributed by atoms with Crippen LogP contribution in [0.5, 0.6) is 0 Å². The van der Waals surface area contributed by atoms with E-state index in [1.54, 1.807) is 0 Å². The smallest absolute Gasteiger partial charge is 0.153 e. The first-order valence-electron chi connectivity index (χ1n) is 9.24. The molecule has 4 rings (SSSR count). The lowest BCUT2D eigenvalue weighted by Gasteiger charge is -2.30. The summed E-state index contributed by atoms with van der Waals surface area (Å²) in [6.07, 6.45) is 5.53. The zero-order valence-corrected chi connectivity index (χ0v) is 15.3. The van der Waals surface area contributed by atoms with Gasteiger partial charge in [0.25, 0.3) is 0 Å². The van der Waals surface area contributed by atoms with Crippen LogP contribution in [0, 0.1) is 6.92 Å². The van der Waals surface area contributed by atoms with Gasteiger partial charge in [-0.05, 0) is 42.5 Å². The van der Waals surface area contributed by atoms with Gasteiger partial charge in [-0.3, -0.25) is 0 Å². The molecule has 4 nitrogen and oxygen atoms in total. The molecule has 1 aromatic carbocycles. The molecule has 0 radical (unpaired) electrons. The normalized spacial score (nSPS) is 13.8. The van der Waals surface area contributed by atoms with E-state index in [0.29, 0.717) is 6.42 Å². The molecule has 0 fully saturated rings. The van der Waals surface area contributed by atoms with Gasteiger partial charge in [-0.25, -0.2) is 4.98 Å². The highest BCUT2D eigenvalue weighted by atomic mass is 16.2. The number of fused-ring (bicyclic) bond motifs is 2. The summed E-state index contributed by atoms with van der Waals surface area (Å²) in [5, 5.41) is 10.7. The van der Waals surface area contributed by atoms with Crippen molar-refractivity contribution in [2.45, 2.75) is 32.9 Å². The number of hydrogen-bond acceptors (Lipinski definition) is 3. The Morgan fingerprint density at radius 3 is 2.81 bits per heavy atom. The molecule has 0 aliphatic carbocycles. The molecule has 2 aromatic heterocycles. The molecule has 0 atom stereocenters. The minimum absolute atomic E-state index is 0.156. The molecule has 0 spiro atoms. The fourth-order valence-electron chi connectivity index (χ4n) is 4.17. The predicted octanol–water partition coefficient (Wildman–Crippen LogP) is 3.63. The lowest BCUT2D eigenvalue weighted by Crippen LogP contribution is -2.31. The summed E-state index contributed by atoms with van der Waals surface area (Å²) in [5.41, 5.74) is 6.39. The summed E-state index contributed by atoms with van der Waals surface area (Å²) in [4.78, 5) is 7.15. The standard InChI is InChI=1S/C22H25N3O/c1-3-12-25-16(2)19(10-14-26)20-8-11-23-22(21(20)25)24-13-9-17-6-4-5-7-18(17)15-24/h3-8,11,26H,1,9-10,12-15H2,2H3. The molecule has 3 heterocycles. The van der Waals surface area contributed by atoms with Crippen LogP contribution in [0.15, 0.2) is 49.2 Å². The average molecular weight is 347 g/mol. The molecule has 26 heavy (non-hydrogen) atoms. The van der Waals surface area contributed by atoms with Gasteiger partial charge in [0, 0.05) is 43.5 Å². The average Bonchev–Trinajstić information content (AvgIpc) is 2.94. The maximum absolute atomic E-state index is 9.51. The quantitative estimate of drug-likeness (QED) is 0.717. The first-order valence-corrected chi connectivity index (χ1v) is 9.24. The molecule has 1 N–H and O–H groups in total. The molecule has 0 saturated heterocycles. The number of nitrogens with zero attached hydrogens (tertiary/aromatic N) is 3. The third-order valence-corrected chi connectivity index (χ3v) is 5.45. The van der Waals surface area contributed by atoms with Gasteiger partial charge in [0.1, 0.15) is 0 Å². The van der Waals surface area contributed by atoms with Crippen LogP contribution in [0.2, 0.25) is 0 Å². The van der Waals surface area contributed by atoms with Crippen LogP contribution in [-0.4, -0.2) is 27.8 Å². The number of allylic oxidation sites excluding steroid dienone is 1. The molecule has 1 aliphatic heterocycles. The van der Waals surface area contributed by atoms with Crippen molar-refractivity contribution in [3.8, 4) is 0 Å². The number of aliphatic hydroxyl groups excluding tert-OH is 1. The predicted molar refractivity (Wildman–Crippen MR) is 107 cm³/mol. The van der Waals surface area contributed by atoms with E-state index in [9.17, 15) is 5.11 Å². The van der Waals surface area contributed by atoms with Crippen LogP contribution in [0.25, 0.3) is 10.9 Å². The van der Waals surface area contributed by atoms with Crippen molar-refractivity contribution in [3.63, 3.8) is 0 Å². The van der Waals surface area contributed by atoms with Gasteiger partial charge in [-0.15, -0.1) is 6.58 Å². The Labute approximate surface area is 154 Å². The Balaban J connectivity index is 1.86. The first-order chi connectivity index (χ1) is 12.7. The summed E-state index contributed by atoms with van der Waals surface area (Å²) in [6, 6.07) is 10.7. The monoisotopic (exact) mass is 347 g/mol. The van der Waals surface area contributed by atoms with Crippen LogP contribution >= 0.6 is 0 Å². The van der Waals surface area contributed by atoms with Crippen LogP contribution in [-0.2, 0) is 25.9 Å². The molecular formula is C22H25N3O.